The first-order chi connectivity index (χ1) is 14.0. The van der Waals surface area contributed by atoms with E-state index in [1.54, 1.807) is 0 Å². The van der Waals surface area contributed by atoms with Crippen LogP contribution in [-0.4, -0.2) is 17.5 Å². The molecule has 1 aliphatic heterocycles. The minimum Gasteiger partial charge on any atom is -0.312 e. The molecule has 0 fully saturated rings. The fraction of sp³-hybridized carbons (Fsp3) is 0.320. The third-order valence-corrected chi connectivity index (χ3v) is 7.33. The molecule has 0 saturated carbocycles. The highest BCUT2D eigenvalue weighted by Gasteiger charge is 2.35. The summed E-state index contributed by atoms with van der Waals surface area (Å²) in [5.41, 5.74) is 7.30. The normalized spacial score (nSPS) is 15.9. The Labute approximate surface area is 177 Å². The smallest absolute Gasteiger partial charge is 0.312 e. The number of aryl methyl sites for hydroxylation is 2. The van der Waals surface area contributed by atoms with Gasteiger partial charge in [-0.3, -0.25) is 0 Å². The second kappa shape index (κ2) is 8.03. The molecule has 4 heteroatoms. The summed E-state index contributed by atoms with van der Waals surface area (Å²) in [7, 11) is 0. The van der Waals surface area contributed by atoms with Crippen molar-refractivity contribution >= 4 is 23.1 Å². The summed E-state index contributed by atoms with van der Waals surface area (Å²) >= 11 is 1.86. The van der Waals surface area contributed by atoms with Crippen LogP contribution in [0, 0.1) is 20.8 Å². The maximum Gasteiger partial charge on any atom is 0.322 e. The van der Waals surface area contributed by atoms with Gasteiger partial charge in [-0.2, -0.15) is 0 Å². The van der Waals surface area contributed by atoms with Gasteiger partial charge in [-0.25, -0.2) is 4.79 Å². The molecule has 1 atom stereocenters. The molecule has 0 bridgehead atoms. The lowest BCUT2D eigenvalue weighted by atomic mass is 9.92. The van der Waals surface area contributed by atoms with Gasteiger partial charge in [0.25, 0.3) is 0 Å². The zero-order valence-electron chi connectivity index (χ0n) is 17.6. The number of hydrogen-bond donors (Lipinski definition) is 1. The monoisotopic (exact) mass is 404 g/mol. The molecule has 1 aliphatic rings. The number of fused-ring (bicyclic) bond motifs is 1. The van der Waals surface area contributed by atoms with Gasteiger partial charge in [-0.15, -0.1) is 11.3 Å². The lowest BCUT2D eigenvalue weighted by Crippen LogP contribution is -2.42. The van der Waals surface area contributed by atoms with E-state index in [4.69, 9.17) is 0 Å². The number of thiophene rings is 1. The fourth-order valence-corrected chi connectivity index (χ4v) is 5.81. The minimum atomic E-state index is -0.0333. The first-order valence-electron chi connectivity index (χ1n) is 10.3. The van der Waals surface area contributed by atoms with Crippen LogP contribution in [0.3, 0.4) is 0 Å². The van der Waals surface area contributed by atoms with E-state index in [9.17, 15) is 4.79 Å². The predicted octanol–water partition coefficient (Wildman–Crippen LogP) is 6.42. The SMILES string of the molecule is CCc1c(C)sc2c1CCN(C(=O)Nc1cccc(C)c1C)[C@H]2c1ccccc1. The highest BCUT2D eigenvalue weighted by molar-refractivity contribution is 7.12. The summed E-state index contributed by atoms with van der Waals surface area (Å²) in [5, 5.41) is 3.18. The molecule has 0 spiro atoms. The van der Waals surface area contributed by atoms with Crippen molar-refractivity contribution in [1.29, 1.82) is 0 Å². The Bertz CT molecular complexity index is 1040. The van der Waals surface area contributed by atoms with Gasteiger partial charge < -0.3 is 10.2 Å². The molecule has 0 unspecified atom stereocenters. The lowest BCUT2D eigenvalue weighted by Gasteiger charge is -2.36. The Kier molecular flexibility index (Phi) is 5.46. The highest BCUT2D eigenvalue weighted by Crippen LogP contribution is 2.43. The van der Waals surface area contributed by atoms with Crippen LogP contribution < -0.4 is 5.32 Å². The third-order valence-electron chi connectivity index (χ3n) is 6.09. The van der Waals surface area contributed by atoms with E-state index in [-0.39, 0.29) is 12.1 Å². The van der Waals surface area contributed by atoms with Gasteiger partial charge >= 0.3 is 6.03 Å². The van der Waals surface area contributed by atoms with Crippen LogP contribution in [0.5, 0.6) is 0 Å². The number of anilines is 1. The van der Waals surface area contributed by atoms with Gasteiger partial charge in [0, 0.05) is 22.0 Å². The molecule has 0 radical (unpaired) electrons. The summed E-state index contributed by atoms with van der Waals surface area (Å²) in [6, 6.07) is 16.4. The molecule has 2 aromatic carbocycles. The fourth-order valence-electron chi connectivity index (χ4n) is 4.37. The number of benzene rings is 2. The van der Waals surface area contributed by atoms with Crippen molar-refractivity contribution in [2.45, 2.75) is 46.6 Å². The maximum atomic E-state index is 13.4. The highest BCUT2D eigenvalue weighted by atomic mass is 32.1. The van der Waals surface area contributed by atoms with Gasteiger partial charge in [0.1, 0.15) is 0 Å². The number of urea groups is 1. The topological polar surface area (TPSA) is 32.3 Å². The molecule has 3 nitrogen and oxygen atoms in total. The van der Waals surface area contributed by atoms with Crippen LogP contribution in [0.4, 0.5) is 10.5 Å². The summed E-state index contributed by atoms with van der Waals surface area (Å²) in [6.07, 6.45) is 1.97. The Morgan fingerprint density at radius 2 is 1.86 bits per heavy atom. The van der Waals surface area contributed by atoms with E-state index in [1.807, 2.05) is 34.4 Å². The summed E-state index contributed by atoms with van der Waals surface area (Å²) in [5.74, 6) is 0. The van der Waals surface area contributed by atoms with Crippen LogP contribution in [0.15, 0.2) is 48.5 Å². The summed E-state index contributed by atoms with van der Waals surface area (Å²) in [4.78, 5) is 18.1. The van der Waals surface area contributed by atoms with Crippen LogP contribution in [-0.2, 0) is 12.8 Å². The Morgan fingerprint density at radius 1 is 1.10 bits per heavy atom. The lowest BCUT2D eigenvalue weighted by molar-refractivity contribution is 0.195. The van der Waals surface area contributed by atoms with Crippen LogP contribution in [0.1, 0.15) is 50.5 Å². The number of amides is 2. The molecule has 2 amide bonds. The number of carbonyl (C=O) groups is 1. The minimum absolute atomic E-state index is 0.0256. The predicted molar refractivity (Wildman–Crippen MR) is 122 cm³/mol. The Hall–Kier alpha value is -2.59. The number of rotatable bonds is 3. The molecule has 1 N–H and O–H groups in total. The molecular weight excluding hydrogens is 376 g/mol. The van der Waals surface area contributed by atoms with E-state index in [0.717, 1.165) is 30.6 Å². The number of nitrogens with zero attached hydrogens (tertiary/aromatic N) is 1. The molecule has 29 heavy (non-hydrogen) atoms. The van der Waals surface area contributed by atoms with Crippen molar-refractivity contribution in [3.63, 3.8) is 0 Å². The van der Waals surface area contributed by atoms with E-state index in [0.29, 0.717) is 0 Å². The quantitative estimate of drug-likeness (QED) is 0.537. The van der Waals surface area contributed by atoms with Crippen molar-refractivity contribution in [1.82, 2.24) is 4.90 Å². The second-order valence-corrected chi connectivity index (χ2v) is 9.02. The zero-order valence-corrected chi connectivity index (χ0v) is 18.4. The summed E-state index contributed by atoms with van der Waals surface area (Å²) in [6.45, 7) is 9.30. The molecule has 0 saturated heterocycles. The molecular formula is C25H28N2OS. The average molecular weight is 405 g/mol. The van der Waals surface area contributed by atoms with Gasteiger partial charge in [0.15, 0.2) is 0 Å². The molecule has 150 valence electrons. The average Bonchev–Trinajstić information content (AvgIpc) is 3.06. The molecule has 1 aromatic heterocycles. The standard InChI is InChI=1S/C25H28N2OS/c1-5-20-18(4)29-24-21(20)14-15-27(23(24)19-11-7-6-8-12-19)25(28)26-22-13-9-10-16(2)17(22)3/h6-13,23H,5,14-15H2,1-4H3,(H,26,28)/t23-/m0/s1. The molecule has 2 heterocycles. The van der Waals surface area contributed by atoms with Crippen LogP contribution >= 0.6 is 11.3 Å². The number of carbonyl (C=O) groups excluding carboxylic acids is 1. The maximum absolute atomic E-state index is 13.4. The van der Waals surface area contributed by atoms with Crippen molar-refractivity contribution in [2.24, 2.45) is 0 Å². The molecule has 3 aromatic rings. The first-order valence-corrected chi connectivity index (χ1v) is 11.1. The van der Waals surface area contributed by atoms with Gasteiger partial charge in [0.2, 0.25) is 0 Å². The summed E-state index contributed by atoms with van der Waals surface area (Å²) < 4.78 is 0. The van der Waals surface area contributed by atoms with Crippen molar-refractivity contribution in [2.75, 3.05) is 11.9 Å². The van der Waals surface area contributed by atoms with E-state index in [1.165, 1.54) is 32.0 Å². The Morgan fingerprint density at radius 3 is 2.59 bits per heavy atom. The largest absolute Gasteiger partial charge is 0.322 e. The van der Waals surface area contributed by atoms with Crippen molar-refractivity contribution in [3.05, 3.63) is 86.1 Å². The van der Waals surface area contributed by atoms with Gasteiger partial charge in [-0.05, 0) is 67.5 Å². The van der Waals surface area contributed by atoms with Crippen LogP contribution in [0.25, 0.3) is 0 Å². The third kappa shape index (κ3) is 3.58. The van der Waals surface area contributed by atoms with E-state index >= 15 is 0 Å². The van der Waals surface area contributed by atoms with E-state index < -0.39 is 0 Å². The zero-order chi connectivity index (χ0) is 20.5. The second-order valence-electron chi connectivity index (χ2n) is 7.77. The number of hydrogen-bond acceptors (Lipinski definition) is 2. The number of nitrogens with one attached hydrogen (secondary N) is 1. The van der Waals surface area contributed by atoms with Crippen molar-refractivity contribution < 1.29 is 4.79 Å². The van der Waals surface area contributed by atoms with Gasteiger partial charge in [0.05, 0.1) is 6.04 Å². The first kappa shape index (κ1) is 19.7. The Balaban J connectivity index is 1.74. The molecule has 0 aliphatic carbocycles. The van der Waals surface area contributed by atoms with Gasteiger partial charge in [-0.1, -0.05) is 49.4 Å². The molecule has 4 rings (SSSR count). The van der Waals surface area contributed by atoms with Crippen molar-refractivity contribution in [3.8, 4) is 0 Å². The van der Waals surface area contributed by atoms with E-state index in [2.05, 4.69) is 63.3 Å². The van der Waals surface area contributed by atoms with Crippen LogP contribution in [0.2, 0.25) is 0 Å².